The molecule has 0 spiro atoms. The average Bonchev–Trinajstić information content (AvgIpc) is 2.70. The fourth-order valence-electron chi connectivity index (χ4n) is 3.96. The van der Waals surface area contributed by atoms with Crippen molar-refractivity contribution in [1.82, 2.24) is 0 Å². The van der Waals surface area contributed by atoms with Gasteiger partial charge in [-0.15, -0.1) is 0 Å². The lowest BCUT2D eigenvalue weighted by molar-refractivity contribution is -0.903. The summed E-state index contributed by atoms with van der Waals surface area (Å²) >= 11 is 0. The summed E-state index contributed by atoms with van der Waals surface area (Å²) in [6.45, 7) is 4.62. The van der Waals surface area contributed by atoms with Crippen LogP contribution in [0.3, 0.4) is 0 Å². The Morgan fingerprint density at radius 1 is 0.828 bits per heavy atom. The molecular formula is C27H48NO+. The minimum absolute atomic E-state index is 0.132. The molecule has 29 heavy (non-hydrogen) atoms. The molecule has 0 radical (unpaired) electrons. The number of unbranched alkanes of at least 4 members (excludes halogenated alkanes) is 9. The fourth-order valence-corrected chi connectivity index (χ4v) is 3.96. The Morgan fingerprint density at radius 3 is 2.21 bits per heavy atom. The summed E-state index contributed by atoms with van der Waals surface area (Å²) in [6.07, 6.45) is 20.4. The van der Waals surface area contributed by atoms with Gasteiger partial charge in [0.1, 0.15) is 6.54 Å². The van der Waals surface area contributed by atoms with Gasteiger partial charge < -0.3 is 9.59 Å². The molecule has 1 aromatic carbocycles. The minimum atomic E-state index is -0.132. The van der Waals surface area contributed by atoms with Crippen LogP contribution in [-0.4, -0.2) is 36.3 Å². The summed E-state index contributed by atoms with van der Waals surface area (Å²) in [5.74, 6) is 0. The molecule has 0 aliphatic rings. The smallest absolute Gasteiger partial charge is 0.104 e. The second kappa shape index (κ2) is 16.7. The minimum Gasteiger partial charge on any atom is -0.393 e. The third-order valence-electron chi connectivity index (χ3n) is 5.80. The first-order chi connectivity index (χ1) is 14.0. The number of nitrogens with zero attached hydrogens (tertiary/aromatic N) is 1. The number of allylic oxidation sites excluding steroid dienone is 1. The first kappa shape index (κ1) is 25.9. The van der Waals surface area contributed by atoms with Crippen LogP contribution in [0, 0.1) is 0 Å². The monoisotopic (exact) mass is 402 g/mol. The summed E-state index contributed by atoms with van der Waals surface area (Å²) in [6, 6.07) is 10.9. The first-order valence-corrected chi connectivity index (χ1v) is 12.2. The van der Waals surface area contributed by atoms with Crippen molar-refractivity contribution in [1.29, 1.82) is 0 Å². The Hall–Kier alpha value is -1.12. The van der Waals surface area contributed by atoms with Crippen LogP contribution in [0.25, 0.3) is 0 Å². The average molecular weight is 403 g/mol. The van der Waals surface area contributed by atoms with Gasteiger partial charge in [-0.1, -0.05) is 94.4 Å². The SMILES string of the molecule is CCCCCC[C@@H](O)C/C=C\CCCCCCCC[N+](C)(C)Cc1ccccc1. The van der Waals surface area contributed by atoms with E-state index in [2.05, 4.69) is 63.5 Å². The van der Waals surface area contributed by atoms with Gasteiger partial charge in [0.25, 0.3) is 0 Å². The predicted octanol–water partition coefficient (Wildman–Crippen LogP) is 7.27. The Bertz CT molecular complexity index is 509. The summed E-state index contributed by atoms with van der Waals surface area (Å²) in [5, 5.41) is 9.96. The maximum atomic E-state index is 9.96. The second-order valence-corrected chi connectivity index (χ2v) is 9.42. The second-order valence-electron chi connectivity index (χ2n) is 9.42. The molecule has 0 aromatic heterocycles. The van der Waals surface area contributed by atoms with Crippen molar-refractivity contribution >= 4 is 0 Å². The molecule has 0 amide bonds. The summed E-state index contributed by atoms with van der Waals surface area (Å²) < 4.78 is 1.08. The lowest BCUT2D eigenvalue weighted by Crippen LogP contribution is -2.39. The molecule has 2 nitrogen and oxygen atoms in total. The zero-order chi connectivity index (χ0) is 21.2. The Kier molecular flexibility index (Phi) is 14.9. The molecule has 0 unspecified atom stereocenters. The van der Waals surface area contributed by atoms with Crippen molar-refractivity contribution in [3.8, 4) is 0 Å². The summed E-state index contributed by atoms with van der Waals surface area (Å²) in [4.78, 5) is 0. The van der Waals surface area contributed by atoms with E-state index in [9.17, 15) is 5.11 Å². The highest BCUT2D eigenvalue weighted by atomic mass is 16.3. The number of rotatable bonds is 18. The van der Waals surface area contributed by atoms with Crippen molar-refractivity contribution in [2.45, 2.75) is 103 Å². The molecule has 0 saturated carbocycles. The highest BCUT2D eigenvalue weighted by molar-refractivity contribution is 5.13. The highest BCUT2D eigenvalue weighted by Gasteiger charge is 2.14. The van der Waals surface area contributed by atoms with Crippen LogP contribution in [0.4, 0.5) is 0 Å². The lowest BCUT2D eigenvalue weighted by atomic mass is 10.1. The van der Waals surface area contributed by atoms with Crippen molar-refractivity contribution in [3.05, 3.63) is 48.0 Å². The molecule has 0 fully saturated rings. The molecule has 1 aromatic rings. The summed E-state index contributed by atoms with van der Waals surface area (Å²) in [7, 11) is 4.70. The van der Waals surface area contributed by atoms with Gasteiger partial charge >= 0.3 is 0 Å². The van der Waals surface area contributed by atoms with E-state index >= 15 is 0 Å². The van der Waals surface area contributed by atoms with Gasteiger partial charge in [-0.2, -0.15) is 0 Å². The van der Waals surface area contributed by atoms with E-state index in [0.29, 0.717) is 0 Å². The maximum Gasteiger partial charge on any atom is 0.104 e. The predicted molar refractivity (Wildman–Crippen MR) is 128 cm³/mol. The Balaban J connectivity index is 1.93. The van der Waals surface area contributed by atoms with Crippen molar-refractivity contribution in [2.24, 2.45) is 0 Å². The molecule has 166 valence electrons. The third kappa shape index (κ3) is 15.4. The number of quaternary nitrogens is 1. The molecule has 0 aliphatic carbocycles. The van der Waals surface area contributed by atoms with Gasteiger partial charge in [0, 0.05) is 5.56 Å². The quantitative estimate of drug-likeness (QED) is 0.155. The van der Waals surface area contributed by atoms with Gasteiger partial charge in [0.15, 0.2) is 0 Å². The van der Waals surface area contributed by atoms with E-state index in [1.807, 2.05) is 0 Å². The van der Waals surface area contributed by atoms with Crippen LogP contribution in [0.1, 0.15) is 96.0 Å². The number of aliphatic hydroxyl groups excluding tert-OH is 1. The van der Waals surface area contributed by atoms with Gasteiger partial charge in [-0.05, 0) is 38.5 Å². The number of hydrogen-bond acceptors (Lipinski definition) is 1. The van der Waals surface area contributed by atoms with E-state index < -0.39 is 0 Å². The van der Waals surface area contributed by atoms with E-state index in [0.717, 1.165) is 23.9 Å². The number of aliphatic hydroxyl groups is 1. The highest BCUT2D eigenvalue weighted by Crippen LogP contribution is 2.13. The van der Waals surface area contributed by atoms with Crippen molar-refractivity contribution < 1.29 is 9.59 Å². The van der Waals surface area contributed by atoms with E-state index in [-0.39, 0.29) is 6.10 Å². The van der Waals surface area contributed by atoms with Crippen molar-refractivity contribution in [3.63, 3.8) is 0 Å². The molecule has 1 atom stereocenters. The van der Waals surface area contributed by atoms with Crippen LogP contribution in [0.5, 0.6) is 0 Å². The van der Waals surface area contributed by atoms with Crippen LogP contribution in [0.15, 0.2) is 42.5 Å². The number of hydrogen-bond donors (Lipinski definition) is 1. The largest absolute Gasteiger partial charge is 0.393 e. The van der Waals surface area contributed by atoms with Gasteiger partial charge in [0.05, 0.1) is 26.7 Å². The third-order valence-corrected chi connectivity index (χ3v) is 5.80. The molecule has 1 rings (SSSR count). The fraction of sp³-hybridized carbons (Fsp3) is 0.704. The van der Waals surface area contributed by atoms with E-state index in [1.165, 1.54) is 82.7 Å². The van der Waals surface area contributed by atoms with Crippen molar-refractivity contribution in [2.75, 3.05) is 20.6 Å². The summed E-state index contributed by atoms with van der Waals surface area (Å²) in [5.41, 5.74) is 1.44. The maximum absolute atomic E-state index is 9.96. The van der Waals surface area contributed by atoms with E-state index in [4.69, 9.17) is 0 Å². The van der Waals surface area contributed by atoms with Crippen LogP contribution in [0.2, 0.25) is 0 Å². The molecular weight excluding hydrogens is 354 g/mol. The van der Waals surface area contributed by atoms with E-state index in [1.54, 1.807) is 0 Å². The van der Waals surface area contributed by atoms with Gasteiger partial charge in [-0.3, -0.25) is 0 Å². The molecule has 0 saturated heterocycles. The van der Waals surface area contributed by atoms with Crippen LogP contribution >= 0.6 is 0 Å². The zero-order valence-corrected chi connectivity index (χ0v) is 19.6. The standard InChI is InChI=1S/C27H48NO/c1-4-5-6-17-22-27(29)23-18-12-10-8-7-9-11-13-19-24-28(2,3)25-26-20-15-14-16-21-26/h12,14-16,18,20-21,27,29H,4-11,13,17,19,22-25H2,1-3H3/q+1/b18-12-/t27-/m1/s1. The molecule has 2 heteroatoms. The lowest BCUT2D eigenvalue weighted by Gasteiger charge is -2.30. The Labute approximate surface area is 181 Å². The first-order valence-electron chi connectivity index (χ1n) is 12.2. The van der Waals surface area contributed by atoms with Gasteiger partial charge in [0.2, 0.25) is 0 Å². The molecule has 0 bridgehead atoms. The zero-order valence-electron chi connectivity index (χ0n) is 19.6. The molecule has 0 aliphatic heterocycles. The normalized spacial score (nSPS) is 13.2. The van der Waals surface area contributed by atoms with Gasteiger partial charge in [-0.25, -0.2) is 0 Å². The molecule has 1 N–H and O–H groups in total. The van der Waals surface area contributed by atoms with Crippen LogP contribution < -0.4 is 0 Å². The topological polar surface area (TPSA) is 20.2 Å². The number of benzene rings is 1. The molecule has 0 heterocycles. The Morgan fingerprint density at radius 2 is 1.48 bits per heavy atom. The van der Waals surface area contributed by atoms with Crippen LogP contribution in [-0.2, 0) is 6.54 Å².